The number of piperidine rings is 1. The Morgan fingerprint density at radius 2 is 1.78 bits per heavy atom. The number of aromatic nitrogens is 4. The summed E-state index contributed by atoms with van der Waals surface area (Å²) >= 11 is 0. The van der Waals surface area contributed by atoms with Crippen molar-refractivity contribution in [2.45, 2.75) is 63.8 Å². The summed E-state index contributed by atoms with van der Waals surface area (Å²) in [7, 11) is 0. The van der Waals surface area contributed by atoms with Crippen LogP contribution in [0.4, 0.5) is 20.5 Å². The zero-order chi connectivity index (χ0) is 18.9. The van der Waals surface area contributed by atoms with Crippen LogP contribution in [0, 0.1) is 6.92 Å². The van der Waals surface area contributed by atoms with Crippen molar-refractivity contribution in [3.63, 3.8) is 0 Å². The maximum absolute atomic E-state index is 13.4. The summed E-state index contributed by atoms with van der Waals surface area (Å²) in [6.45, 7) is 3.89. The van der Waals surface area contributed by atoms with Crippen LogP contribution in [0.3, 0.4) is 0 Å². The highest BCUT2D eigenvalue weighted by atomic mass is 19.3. The van der Waals surface area contributed by atoms with E-state index in [-0.39, 0.29) is 18.9 Å². The highest BCUT2D eigenvalue weighted by Crippen LogP contribution is 2.34. The number of nitrogens with zero attached hydrogens (tertiary/aromatic N) is 5. The van der Waals surface area contributed by atoms with Crippen molar-refractivity contribution in [3.05, 3.63) is 24.0 Å². The highest BCUT2D eigenvalue weighted by molar-refractivity contribution is 5.49. The summed E-state index contributed by atoms with van der Waals surface area (Å²) in [6.07, 6.45) is 6.13. The first-order valence-corrected chi connectivity index (χ1v) is 9.80. The van der Waals surface area contributed by atoms with Gasteiger partial charge in [-0.05, 0) is 45.1 Å². The van der Waals surface area contributed by atoms with Crippen molar-refractivity contribution in [2.24, 2.45) is 0 Å². The molecule has 27 heavy (non-hydrogen) atoms. The molecule has 0 atom stereocenters. The van der Waals surface area contributed by atoms with E-state index in [0.717, 1.165) is 37.4 Å². The molecule has 8 heteroatoms. The Balaban J connectivity index is 1.59. The maximum Gasteiger partial charge on any atom is 0.248 e. The zero-order valence-corrected chi connectivity index (χ0v) is 15.7. The van der Waals surface area contributed by atoms with Crippen LogP contribution in [-0.2, 0) is 0 Å². The van der Waals surface area contributed by atoms with Gasteiger partial charge < -0.3 is 10.2 Å². The lowest BCUT2D eigenvalue weighted by Gasteiger charge is -2.30. The number of hydrogen-bond acceptors (Lipinski definition) is 5. The van der Waals surface area contributed by atoms with Crippen LogP contribution in [-0.4, -0.2) is 44.8 Å². The van der Waals surface area contributed by atoms with Gasteiger partial charge in [-0.25, -0.2) is 13.5 Å². The Morgan fingerprint density at radius 1 is 1.07 bits per heavy atom. The van der Waals surface area contributed by atoms with Gasteiger partial charge in [0, 0.05) is 44.2 Å². The second-order valence-electron chi connectivity index (χ2n) is 7.63. The minimum Gasteiger partial charge on any atom is -0.356 e. The summed E-state index contributed by atoms with van der Waals surface area (Å²) < 4.78 is 28.6. The third-order valence-electron chi connectivity index (χ3n) is 5.39. The van der Waals surface area contributed by atoms with Gasteiger partial charge in [-0.3, -0.25) is 0 Å². The molecular formula is C19H26F2N6. The molecule has 1 aliphatic carbocycles. The minimum absolute atomic E-state index is 0.0200. The number of anilines is 2. The van der Waals surface area contributed by atoms with Gasteiger partial charge in [0.2, 0.25) is 11.9 Å². The Labute approximate surface area is 158 Å². The van der Waals surface area contributed by atoms with Gasteiger partial charge in [0.25, 0.3) is 0 Å². The fourth-order valence-corrected chi connectivity index (χ4v) is 3.80. The van der Waals surface area contributed by atoms with Crippen LogP contribution in [0.2, 0.25) is 0 Å². The van der Waals surface area contributed by atoms with Crippen molar-refractivity contribution < 1.29 is 8.78 Å². The Hall–Kier alpha value is -2.25. The summed E-state index contributed by atoms with van der Waals surface area (Å²) in [5.74, 6) is -0.470. The number of alkyl halides is 2. The largest absolute Gasteiger partial charge is 0.356 e. The molecule has 2 aromatic rings. The second-order valence-corrected chi connectivity index (χ2v) is 7.63. The molecule has 0 bridgehead atoms. The van der Waals surface area contributed by atoms with Crippen molar-refractivity contribution >= 4 is 11.8 Å². The summed E-state index contributed by atoms with van der Waals surface area (Å²) in [4.78, 5) is 11.6. The maximum atomic E-state index is 13.4. The quantitative estimate of drug-likeness (QED) is 0.876. The van der Waals surface area contributed by atoms with Gasteiger partial charge in [-0.15, -0.1) is 0 Å². The summed E-state index contributed by atoms with van der Waals surface area (Å²) in [6, 6.07) is 3.87. The normalized spacial score (nSPS) is 20.6. The number of rotatable bonds is 4. The Bertz CT molecular complexity index is 774. The third kappa shape index (κ3) is 4.36. The van der Waals surface area contributed by atoms with E-state index < -0.39 is 5.92 Å². The molecule has 2 fully saturated rings. The molecule has 2 aliphatic rings. The van der Waals surface area contributed by atoms with Gasteiger partial charge in [0.1, 0.15) is 5.82 Å². The molecule has 1 aliphatic heterocycles. The Morgan fingerprint density at radius 3 is 2.44 bits per heavy atom. The molecule has 1 saturated carbocycles. The average molecular weight is 376 g/mol. The average Bonchev–Trinajstić information content (AvgIpc) is 3.10. The molecule has 0 aromatic carbocycles. The molecular weight excluding hydrogens is 350 g/mol. The first-order chi connectivity index (χ1) is 13.0. The van der Waals surface area contributed by atoms with Crippen LogP contribution in [0.25, 0.3) is 5.82 Å². The summed E-state index contributed by atoms with van der Waals surface area (Å²) in [5.41, 5.74) is 0.914. The number of nitrogens with one attached hydrogen (secondary N) is 1. The monoisotopic (exact) mass is 376 g/mol. The lowest BCUT2D eigenvalue weighted by molar-refractivity contribution is -0.0361. The zero-order valence-electron chi connectivity index (χ0n) is 15.7. The molecule has 1 N–H and O–H groups in total. The van der Waals surface area contributed by atoms with Gasteiger partial charge >= 0.3 is 0 Å². The molecule has 2 aromatic heterocycles. The molecule has 0 radical (unpaired) electrons. The van der Waals surface area contributed by atoms with E-state index in [1.54, 1.807) is 4.68 Å². The number of halogens is 2. The molecule has 0 amide bonds. The van der Waals surface area contributed by atoms with E-state index in [1.165, 1.54) is 6.42 Å². The molecule has 3 heterocycles. The first-order valence-electron chi connectivity index (χ1n) is 9.80. The topological polar surface area (TPSA) is 58.9 Å². The van der Waals surface area contributed by atoms with Gasteiger partial charge in [0.05, 0.1) is 5.69 Å². The lowest BCUT2D eigenvalue weighted by atomic mass is 9.92. The third-order valence-corrected chi connectivity index (χ3v) is 5.39. The number of hydrogen-bond donors (Lipinski definition) is 1. The molecule has 4 rings (SSSR count). The lowest BCUT2D eigenvalue weighted by Crippen LogP contribution is -2.33. The van der Waals surface area contributed by atoms with E-state index in [0.29, 0.717) is 24.6 Å². The van der Waals surface area contributed by atoms with Crippen molar-refractivity contribution in [2.75, 3.05) is 23.3 Å². The van der Waals surface area contributed by atoms with Crippen molar-refractivity contribution in [1.82, 2.24) is 19.7 Å². The standard InChI is InChI=1S/C19H26F2N6/c1-14-7-12-27(25-14)17-13-16(26-10-3-2-4-11-26)23-18(24-17)22-15-5-8-19(20,21)9-6-15/h7,12-13,15H,2-6,8-11H2,1H3,(H,22,23,24). The molecule has 146 valence electrons. The minimum atomic E-state index is -2.54. The van der Waals surface area contributed by atoms with E-state index in [1.807, 2.05) is 25.3 Å². The second kappa shape index (κ2) is 7.40. The van der Waals surface area contributed by atoms with Crippen LogP contribution < -0.4 is 10.2 Å². The highest BCUT2D eigenvalue weighted by Gasteiger charge is 2.35. The van der Waals surface area contributed by atoms with Gasteiger partial charge in [0.15, 0.2) is 5.82 Å². The molecule has 0 unspecified atom stereocenters. The van der Waals surface area contributed by atoms with Crippen LogP contribution >= 0.6 is 0 Å². The number of aryl methyl sites for hydroxylation is 1. The fourth-order valence-electron chi connectivity index (χ4n) is 3.80. The first kappa shape index (κ1) is 18.1. The predicted molar refractivity (Wildman–Crippen MR) is 101 cm³/mol. The van der Waals surface area contributed by atoms with E-state index in [2.05, 4.69) is 20.3 Å². The fraction of sp³-hybridized carbons (Fsp3) is 0.632. The van der Waals surface area contributed by atoms with Crippen molar-refractivity contribution in [1.29, 1.82) is 0 Å². The molecule has 6 nitrogen and oxygen atoms in total. The van der Waals surface area contributed by atoms with E-state index in [9.17, 15) is 8.78 Å². The van der Waals surface area contributed by atoms with Crippen LogP contribution in [0.5, 0.6) is 0 Å². The van der Waals surface area contributed by atoms with Gasteiger partial charge in [-0.1, -0.05) is 0 Å². The van der Waals surface area contributed by atoms with Gasteiger partial charge in [-0.2, -0.15) is 15.1 Å². The van der Waals surface area contributed by atoms with Crippen LogP contribution in [0.1, 0.15) is 50.6 Å². The van der Waals surface area contributed by atoms with E-state index >= 15 is 0 Å². The molecule has 0 spiro atoms. The summed E-state index contributed by atoms with van der Waals surface area (Å²) in [5, 5.41) is 7.75. The SMILES string of the molecule is Cc1ccn(-c2cc(N3CCCCC3)nc(NC3CCC(F)(F)CC3)n2)n1. The predicted octanol–water partition coefficient (Wildman–Crippen LogP) is 3.95. The van der Waals surface area contributed by atoms with E-state index in [4.69, 9.17) is 4.98 Å². The smallest absolute Gasteiger partial charge is 0.248 e. The van der Waals surface area contributed by atoms with Crippen molar-refractivity contribution in [3.8, 4) is 5.82 Å². The Kier molecular flexibility index (Phi) is 4.97. The molecule has 1 saturated heterocycles. The van der Waals surface area contributed by atoms with Crippen LogP contribution in [0.15, 0.2) is 18.3 Å².